The van der Waals surface area contributed by atoms with E-state index in [0.717, 1.165) is 17.8 Å². The van der Waals surface area contributed by atoms with Crippen LogP contribution in [0.4, 0.5) is 33.9 Å². The lowest BCUT2D eigenvalue weighted by Gasteiger charge is -2.28. The monoisotopic (exact) mass is 492 g/mol. The molecule has 0 unspecified atom stereocenters. The van der Waals surface area contributed by atoms with Crippen LogP contribution in [0.15, 0.2) is 53.9 Å². The summed E-state index contributed by atoms with van der Waals surface area (Å²) in [6.07, 6.45) is -1.29. The number of hydrogen-bond acceptors (Lipinski definition) is 5. The maximum absolute atomic E-state index is 13.4. The molecule has 2 N–H and O–H groups in total. The molecule has 2 aromatic carbocycles. The van der Waals surface area contributed by atoms with E-state index in [1.165, 1.54) is 47.8 Å². The summed E-state index contributed by atoms with van der Waals surface area (Å²) in [5.41, 5.74) is 3.98. The zero-order valence-electron chi connectivity index (χ0n) is 17.4. The summed E-state index contributed by atoms with van der Waals surface area (Å²) >= 11 is 5.84. The van der Waals surface area contributed by atoms with E-state index < -0.39 is 23.6 Å². The van der Waals surface area contributed by atoms with Crippen molar-refractivity contribution in [3.05, 3.63) is 82.0 Å². The smallest absolute Gasteiger partial charge is 0.340 e. The molecule has 0 saturated carbocycles. The largest absolute Gasteiger partial charge is 0.416 e. The number of rotatable bonds is 4. The van der Waals surface area contributed by atoms with E-state index in [1.54, 1.807) is 0 Å². The third-order valence-corrected chi connectivity index (χ3v) is 5.37. The number of benzene rings is 2. The molecule has 1 aliphatic rings. The van der Waals surface area contributed by atoms with Crippen LogP contribution in [0.25, 0.3) is 0 Å². The maximum Gasteiger partial charge on any atom is 0.416 e. The molecule has 0 bridgehead atoms. The normalized spacial score (nSPS) is 13.6. The standard InChI is InChI=1S/C22H17ClF4N6O/c23-17-9-15(5-6-18(17)24)31-20-16-11-33(8-7-19(16)28-12-29-20)21(34)32-30-10-13-1-3-14(4-2-13)22(25,26)27/h1-6,9-10,12H,7-8,11H2,(H,32,34)(H,28,29,31)/b30-10+. The van der Waals surface area contributed by atoms with Crippen molar-refractivity contribution in [1.82, 2.24) is 20.3 Å². The highest BCUT2D eigenvalue weighted by Crippen LogP contribution is 2.29. The van der Waals surface area contributed by atoms with Crippen molar-refractivity contribution in [1.29, 1.82) is 0 Å². The van der Waals surface area contributed by atoms with E-state index in [0.29, 0.717) is 35.6 Å². The number of alkyl halides is 3. The quantitative estimate of drug-likeness (QED) is 0.300. The van der Waals surface area contributed by atoms with Crippen LogP contribution in [-0.4, -0.2) is 33.7 Å². The van der Waals surface area contributed by atoms with Gasteiger partial charge in [0.25, 0.3) is 0 Å². The molecule has 0 atom stereocenters. The Kier molecular flexibility index (Phi) is 6.64. The van der Waals surface area contributed by atoms with Crippen LogP contribution < -0.4 is 10.7 Å². The van der Waals surface area contributed by atoms with Gasteiger partial charge in [0.1, 0.15) is 18.0 Å². The highest BCUT2D eigenvalue weighted by Gasteiger charge is 2.30. The molecule has 176 valence electrons. The van der Waals surface area contributed by atoms with Gasteiger partial charge >= 0.3 is 12.2 Å². The molecule has 2 amide bonds. The van der Waals surface area contributed by atoms with E-state index in [9.17, 15) is 22.4 Å². The molecule has 0 radical (unpaired) electrons. The van der Waals surface area contributed by atoms with Crippen molar-refractivity contribution in [3.8, 4) is 0 Å². The van der Waals surface area contributed by atoms with Gasteiger partial charge in [0, 0.05) is 24.2 Å². The molecule has 34 heavy (non-hydrogen) atoms. The number of urea groups is 1. The van der Waals surface area contributed by atoms with Gasteiger partial charge in [-0.3, -0.25) is 0 Å². The van der Waals surface area contributed by atoms with Crippen LogP contribution in [-0.2, 0) is 19.1 Å². The molecule has 1 aromatic heterocycles. The average Bonchev–Trinajstić information content (AvgIpc) is 2.81. The number of nitrogens with one attached hydrogen (secondary N) is 2. The number of nitrogens with zero attached hydrogens (tertiary/aromatic N) is 4. The molecular weight excluding hydrogens is 476 g/mol. The third kappa shape index (κ3) is 5.42. The average molecular weight is 493 g/mol. The van der Waals surface area contributed by atoms with Crippen molar-refractivity contribution < 1.29 is 22.4 Å². The van der Waals surface area contributed by atoms with Gasteiger partial charge in [-0.15, -0.1) is 0 Å². The maximum atomic E-state index is 13.4. The first-order chi connectivity index (χ1) is 16.2. The first-order valence-electron chi connectivity index (χ1n) is 10.0. The Morgan fingerprint density at radius 1 is 1.15 bits per heavy atom. The molecule has 0 aliphatic carbocycles. The summed E-state index contributed by atoms with van der Waals surface area (Å²) in [4.78, 5) is 22.6. The minimum atomic E-state index is -4.42. The number of carbonyl (C=O) groups excluding carboxylic acids is 1. The Balaban J connectivity index is 1.41. The lowest BCUT2D eigenvalue weighted by atomic mass is 10.1. The minimum absolute atomic E-state index is 0.0418. The third-order valence-electron chi connectivity index (χ3n) is 5.08. The van der Waals surface area contributed by atoms with E-state index in [2.05, 4.69) is 25.8 Å². The highest BCUT2D eigenvalue weighted by atomic mass is 35.5. The fourth-order valence-corrected chi connectivity index (χ4v) is 3.50. The minimum Gasteiger partial charge on any atom is -0.340 e. The number of hydrogen-bond donors (Lipinski definition) is 2. The van der Waals surface area contributed by atoms with Crippen LogP contribution >= 0.6 is 11.6 Å². The van der Waals surface area contributed by atoms with Gasteiger partial charge in [0.2, 0.25) is 0 Å². The van der Waals surface area contributed by atoms with E-state index in [1.807, 2.05) is 0 Å². The fourth-order valence-electron chi connectivity index (χ4n) is 3.32. The number of amides is 2. The van der Waals surface area contributed by atoms with Crippen molar-refractivity contribution in [2.24, 2.45) is 5.10 Å². The SMILES string of the molecule is O=C(N/N=C/c1ccc(C(F)(F)F)cc1)N1CCc2ncnc(Nc3ccc(F)c(Cl)c3)c2C1. The van der Waals surface area contributed by atoms with Gasteiger partial charge in [-0.2, -0.15) is 18.3 Å². The van der Waals surface area contributed by atoms with E-state index in [4.69, 9.17) is 11.6 Å². The van der Waals surface area contributed by atoms with Gasteiger partial charge in [0.15, 0.2) is 0 Å². The number of hydrazone groups is 1. The number of halogens is 5. The van der Waals surface area contributed by atoms with Crippen LogP contribution in [0, 0.1) is 5.82 Å². The van der Waals surface area contributed by atoms with Crippen LogP contribution in [0.2, 0.25) is 5.02 Å². The summed E-state index contributed by atoms with van der Waals surface area (Å²) in [5.74, 6) is -0.0879. The number of anilines is 2. The molecule has 0 fully saturated rings. The Morgan fingerprint density at radius 3 is 2.62 bits per heavy atom. The van der Waals surface area contributed by atoms with Crippen LogP contribution in [0.3, 0.4) is 0 Å². The molecule has 3 aromatic rings. The summed E-state index contributed by atoms with van der Waals surface area (Å²) in [6, 6.07) is 8.06. The fraction of sp³-hybridized carbons (Fsp3) is 0.182. The molecule has 12 heteroatoms. The Morgan fingerprint density at radius 2 is 1.91 bits per heavy atom. The van der Waals surface area contributed by atoms with E-state index in [-0.39, 0.29) is 11.6 Å². The second-order valence-corrected chi connectivity index (χ2v) is 7.78. The summed E-state index contributed by atoms with van der Waals surface area (Å²) in [7, 11) is 0. The van der Waals surface area contributed by atoms with Crippen LogP contribution in [0.1, 0.15) is 22.4 Å². The molecule has 7 nitrogen and oxygen atoms in total. The zero-order chi connectivity index (χ0) is 24.3. The summed E-state index contributed by atoms with van der Waals surface area (Å²) in [5, 5.41) is 6.86. The number of fused-ring (bicyclic) bond motifs is 1. The Bertz CT molecular complexity index is 1230. The lowest BCUT2D eigenvalue weighted by Crippen LogP contribution is -2.41. The van der Waals surface area contributed by atoms with Crippen molar-refractivity contribution >= 4 is 35.4 Å². The van der Waals surface area contributed by atoms with Crippen molar-refractivity contribution in [2.75, 3.05) is 11.9 Å². The number of aromatic nitrogens is 2. The second-order valence-electron chi connectivity index (χ2n) is 7.37. The second kappa shape index (κ2) is 9.64. The highest BCUT2D eigenvalue weighted by molar-refractivity contribution is 6.31. The lowest BCUT2D eigenvalue weighted by molar-refractivity contribution is -0.137. The predicted octanol–water partition coefficient (Wildman–Crippen LogP) is 5.13. The molecular formula is C22H17ClF4N6O. The first kappa shape index (κ1) is 23.4. The predicted molar refractivity (Wildman–Crippen MR) is 118 cm³/mol. The van der Waals surface area contributed by atoms with Gasteiger partial charge in [-0.05, 0) is 35.9 Å². The Labute approximate surface area is 196 Å². The zero-order valence-corrected chi connectivity index (χ0v) is 18.2. The molecule has 0 spiro atoms. The van der Waals surface area contributed by atoms with Gasteiger partial charge in [0.05, 0.1) is 29.0 Å². The molecule has 1 aliphatic heterocycles. The Hall–Kier alpha value is -3.73. The summed E-state index contributed by atoms with van der Waals surface area (Å²) in [6.45, 7) is 0.572. The number of carbonyl (C=O) groups is 1. The van der Waals surface area contributed by atoms with Gasteiger partial charge in [-0.25, -0.2) is 24.6 Å². The molecule has 4 rings (SSSR count). The molecule has 0 saturated heterocycles. The molecule has 2 heterocycles. The first-order valence-corrected chi connectivity index (χ1v) is 10.4. The van der Waals surface area contributed by atoms with E-state index >= 15 is 0 Å². The van der Waals surface area contributed by atoms with Gasteiger partial charge in [-0.1, -0.05) is 23.7 Å². The summed E-state index contributed by atoms with van der Waals surface area (Å²) < 4.78 is 51.4. The van der Waals surface area contributed by atoms with Crippen molar-refractivity contribution in [3.63, 3.8) is 0 Å². The van der Waals surface area contributed by atoms with Crippen LogP contribution in [0.5, 0.6) is 0 Å². The topological polar surface area (TPSA) is 82.5 Å². The van der Waals surface area contributed by atoms with Gasteiger partial charge < -0.3 is 10.2 Å². The van der Waals surface area contributed by atoms with Crippen molar-refractivity contribution in [2.45, 2.75) is 19.1 Å².